The molecule has 4 rings (SSSR count). The Morgan fingerprint density at radius 1 is 1.58 bits per heavy atom. The zero-order valence-corrected chi connectivity index (χ0v) is 8.09. The van der Waals surface area contributed by atoms with E-state index in [2.05, 4.69) is 19.9 Å². The van der Waals surface area contributed by atoms with Gasteiger partial charge in [0, 0.05) is 5.70 Å². The van der Waals surface area contributed by atoms with Crippen LogP contribution >= 0.6 is 0 Å². The second kappa shape index (κ2) is 1.47. The van der Waals surface area contributed by atoms with E-state index in [1.54, 1.807) is 0 Å². The molecule has 66 valence electrons. The molecule has 0 aromatic carbocycles. The molecule has 2 unspecified atom stereocenters. The number of nitrogens with two attached hydrogens (primary N) is 1. The monoisotopic (exact) mass is 163 g/mol. The van der Waals surface area contributed by atoms with E-state index in [0.717, 1.165) is 34.3 Å². The molecular weight excluding hydrogens is 146 g/mol. The SMILES string of the molecule is C/C(N)=C/C[C@]12[C@@H]3C([C@@H]1C)C32C. The summed E-state index contributed by atoms with van der Waals surface area (Å²) in [6.45, 7) is 6.87. The van der Waals surface area contributed by atoms with Gasteiger partial charge >= 0.3 is 0 Å². The molecule has 0 heterocycles. The Morgan fingerprint density at radius 2 is 2.17 bits per heavy atom. The van der Waals surface area contributed by atoms with Crippen LogP contribution in [0.15, 0.2) is 11.8 Å². The molecule has 4 aliphatic rings. The van der Waals surface area contributed by atoms with Crippen LogP contribution in [0.2, 0.25) is 0 Å². The molecule has 0 spiro atoms. The molecule has 4 saturated carbocycles. The third-order valence-corrected chi connectivity index (χ3v) is 5.18. The van der Waals surface area contributed by atoms with Crippen molar-refractivity contribution in [3.63, 3.8) is 0 Å². The van der Waals surface area contributed by atoms with E-state index in [1.165, 1.54) is 6.42 Å². The van der Waals surface area contributed by atoms with Crippen molar-refractivity contribution in [2.45, 2.75) is 27.2 Å². The summed E-state index contributed by atoms with van der Waals surface area (Å²) in [7, 11) is 0. The highest BCUT2D eigenvalue weighted by Crippen LogP contribution is 3.07. The summed E-state index contributed by atoms with van der Waals surface area (Å²) in [5.74, 6) is 3.18. The number of hydrogen-bond acceptors (Lipinski definition) is 1. The van der Waals surface area contributed by atoms with Crippen LogP contribution < -0.4 is 5.73 Å². The standard InChI is InChI=1S/C11H17N/c1-6(12)4-5-11-7(2)8-9(11)10(8,11)3/h4,7-9H,5,12H2,1-3H3/b6-4-/t7-,8?,9+,10?,11+/m0/s1. The molecule has 0 aliphatic heterocycles. The Hall–Kier alpha value is -0.460. The van der Waals surface area contributed by atoms with E-state index in [9.17, 15) is 0 Å². The summed E-state index contributed by atoms with van der Waals surface area (Å²) >= 11 is 0. The fraction of sp³-hybridized carbons (Fsp3) is 0.818. The predicted molar refractivity (Wildman–Crippen MR) is 49.2 cm³/mol. The minimum Gasteiger partial charge on any atom is -0.403 e. The van der Waals surface area contributed by atoms with E-state index in [1.807, 2.05) is 6.92 Å². The quantitative estimate of drug-likeness (QED) is 0.663. The average molecular weight is 163 g/mol. The van der Waals surface area contributed by atoms with Gasteiger partial charge in [-0.25, -0.2) is 0 Å². The zero-order chi connectivity index (χ0) is 8.72. The summed E-state index contributed by atoms with van der Waals surface area (Å²) in [5, 5.41) is 0. The lowest BCUT2D eigenvalue weighted by Crippen LogP contribution is -2.46. The maximum absolute atomic E-state index is 5.65. The van der Waals surface area contributed by atoms with Crippen molar-refractivity contribution < 1.29 is 0 Å². The van der Waals surface area contributed by atoms with Crippen molar-refractivity contribution >= 4 is 0 Å². The van der Waals surface area contributed by atoms with Gasteiger partial charge in [-0.1, -0.05) is 19.9 Å². The first-order valence-electron chi connectivity index (χ1n) is 4.99. The highest BCUT2D eigenvalue weighted by molar-refractivity contribution is 5.51. The van der Waals surface area contributed by atoms with Gasteiger partial charge in [0.05, 0.1) is 0 Å². The van der Waals surface area contributed by atoms with Crippen LogP contribution in [0.25, 0.3) is 0 Å². The third-order valence-electron chi connectivity index (χ3n) is 5.18. The molecule has 0 aromatic heterocycles. The lowest BCUT2D eigenvalue weighted by Gasteiger charge is -2.50. The lowest BCUT2D eigenvalue weighted by atomic mass is 9.54. The topological polar surface area (TPSA) is 26.0 Å². The zero-order valence-electron chi connectivity index (χ0n) is 8.09. The van der Waals surface area contributed by atoms with Gasteiger partial charge in [-0.3, -0.25) is 0 Å². The maximum Gasteiger partial charge on any atom is 0.000854 e. The molecule has 0 aromatic rings. The van der Waals surface area contributed by atoms with Gasteiger partial charge in [-0.2, -0.15) is 0 Å². The maximum atomic E-state index is 5.65. The minimum atomic E-state index is 0.721. The first-order chi connectivity index (χ1) is 5.57. The summed E-state index contributed by atoms with van der Waals surface area (Å²) in [5.41, 5.74) is 8.15. The molecule has 2 N–H and O–H groups in total. The number of allylic oxidation sites excluding steroid dienone is 2. The molecule has 4 fully saturated rings. The minimum absolute atomic E-state index is 0.721. The first kappa shape index (κ1) is 6.99. The largest absolute Gasteiger partial charge is 0.403 e. The molecule has 5 atom stereocenters. The van der Waals surface area contributed by atoms with E-state index >= 15 is 0 Å². The fourth-order valence-electron chi connectivity index (χ4n) is 4.42. The second-order valence-electron chi connectivity index (χ2n) is 5.27. The normalized spacial score (nSPS) is 65.2. The van der Waals surface area contributed by atoms with E-state index in [4.69, 9.17) is 5.73 Å². The number of rotatable bonds is 2. The highest BCUT2D eigenvalue weighted by atomic mass is 15.1. The molecule has 4 aliphatic carbocycles. The van der Waals surface area contributed by atoms with Crippen LogP contribution in [0.3, 0.4) is 0 Å². The number of hydrogen-bond donors (Lipinski definition) is 1. The summed E-state index contributed by atoms with van der Waals surface area (Å²) in [6.07, 6.45) is 3.47. The van der Waals surface area contributed by atoms with Crippen molar-refractivity contribution in [3.8, 4) is 0 Å². The molecule has 1 heteroatoms. The van der Waals surface area contributed by atoms with Crippen molar-refractivity contribution in [3.05, 3.63) is 11.8 Å². The fourth-order valence-corrected chi connectivity index (χ4v) is 4.42. The molecule has 0 saturated heterocycles. The molecule has 2 bridgehead atoms. The van der Waals surface area contributed by atoms with Gasteiger partial charge in [-0.15, -0.1) is 0 Å². The summed E-state index contributed by atoms with van der Waals surface area (Å²) < 4.78 is 0. The second-order valence-corrected chi connectivity index (χ2v) is 5.27. The van der Waals surface area contributed by atoms with Gasteiger partial charge in [-0.05, 0) is 41.9 Å². The van der Waals surface area contributed by atoms with Crippen molar-refractivity contribution in [2.75, 3.05) is 0 Å². The Labute approximate surface area is 74.0 Å². The Bertz CT molecular complexity index is 281. The average Bonchev–Trinajstić information content (AvgIpc) is 2.70. The van der Waals surface area contributed by atoms with Crippen LogP contribution in [0.4, 0.5) is 0 Å². The Balaban J connectivity index is 1.76. The van der Waals surface area contributed by atoms with E-state index in [0.29, 0.717) is 0 Å². The summed E-state index contributed by atoms with van der Waals surface area (Å²) in [6, 6.07) is 0. The van der Waals surface area contributed by atoms with Gasteiger partial charge in [0.15, 0.2) is 0 Å². The van der Waals surface area contributed by atoms with Crippen molar-refractivity contribution in [2.24, 2.45) is 34.3 Å². The van der Waals surface area contributed by atoms with E-state index in [-0.39, 0.29) is 0 Å². The molecule has 12 heavy (non-hydrogen) atoms. The van der Waals surface area contributed by atoms with Crippen LogP contribution in [-0.4, -0.2) is 0 Å². The van der Waals surface area contributed by atoms with Crippen molar-refractivity contribution in [1.29, 1.82) is 0 Å². The lowest BCUT2D eigenvalue weighted by molar-refractivity contribution is -0.0222. The highest BCUT2D eigenvalue weighted by Gasteiger charge is 3.03. The van der Waals surface area contributed by atoms with Crippen molar-refractivity contribution in [1.82, 2.24) is 0 Å². The smallest absolute Gasteiger partial charge is 0.000854 e. The van der Waals surface area contributed by atoms with Gasteiger partial charge in [0.25, 0.3) is 0 Å². The Kier molecular flexibility index (Phi) is 0.857. The summed E-state index contributed by atoms with van der Waals surface area (Å²) in [4.78, 5) is 0. The molecule has 0 radical (unpaired) electrons. The van der Waals surface area contributed by atoms with Gasteiger partial charge in [0.2, 0.25) is 0 Å². The van der Waals surface area contributed by atoms with Gasteiger partial charge < -0.3 is 5.73 Å². The van der Waals surface area contributed by atoms with Crippen LogP contribution in [0.5, 0.6) is 0 Å². The van der Waals surface area contributed by atoms with E-state index < -0.39 is 0 Å². The molecular formula is C11H17N. The van der Waals surface area contributed by atoms with Crippen LogP contribution in [0, 0.1) is 28.6 Å². The first-order valence-corrected chi connectivity index (χ1v) is 4.99. The van der Waals surface area contributed by atoms with Gasteiger partial charge in [0.1, 0.15) is 0 Å². The van der Waals surface area contributed by atoms with Crippen LogP contribution in [-0.2, 0) is 0 Å². The molecule has 0 amide bonds. The Morgan fingerprint density at radius 3 is 2.50 bits per heavy atom. The third kappa shape index (κ3) is 0.384. The van der Waals surface area contributed by atoms with Crippen LogP contribution in [0.1, 0.15) is 27.2 Å². The predicted octanol–water partition coefficient (Wildman–Crippen LogP) is 2.14. The molecule has 1 nitrogen and oxygen atoms in total.